The number of aromatic amines is 1. The van der Waals surface area contributed by atoms with E-state index < -0.39 is 5.25 Å². The molecule has 1 fully saturated rings. The summed E-state index contributed by atoms with van der Waals surface area (Å²) in [6.45, 7) is 0. The van der Waals surface area contributed by atoms with E-state index in [1.54, 1.807) is 12.1 Å². The van der Waals surface area contributed by atoms with Crippen LogP contribution in [0.5, 0.6) is 0 Å². The lowest BCUT2D eigenvalue weighted by Gasteiger charge is -2.15. The number of imidazole rings is 1. The van der Waals surface area contributed by atoms with E-state index in [0.717, 1.165) is 29.4 Å². The van der Waals surface area contributed by atoms with Crippen LogP contribution in [0.1, 0.15) is 23.7 Å². The van der Waals surface area contributed by atoms with Crippen LogP contribution < -0.4 is 5.32 Å². The number of rotatable bonds is 5. The molecular formula is C18H16FN3OS. The van der Waals surface area contributed by atoms with Crippen molar-refractivity contribution in [2.24, 2.45) is 0 Å². The molecule has 0 radical (unpaired) electrons. The smallest absolute Gasteiger partial charge is 0.238 e. The van der Waals surface area contributed by atoms with E-state index in [4.69, 9.17) is 0 Å². The van der Waals surface area contributed by atoms with Crippen molar-refractivity contribution >= 4 is 28.7 Å². The third-order valence-electron chi connectivity index (χ3n) is 3.93. The number of halogens is 1. The molecule has 1 aliphatic rings. The molecule has 3 aromatic rings. The summed E-state index contributed by atoms with van der Waals surface area (Å²) >= 11 is 1.35. The van der Waals surface area contributed by atoms with Gasteiger partial charge < -0.3 is 10.3 Å². The number of carbonyl (C=O) groups is 1. The minimum atomic E-state index is -0.466. The number of hydrogen-bond acceptors (Lipinski definition) is 3. The van der Waals surface area contributed by atoms with Crippen LogP contribution in [-0.4, -0.2) is 21.9 Å². The summed E-state index contributed by atoms with van der Waals surface area (Å²) in [5.41, 5.74) is 2.56. The van der Waals surface area contributed by atoms with E-state index in [9.17, 15) is 9.18 Å². The van der Waals surface area contributed by atoms with Crippen molar-refractivity contribution in [3.05, 3.63) is 59.9 Å². The number of para-hydroxylation sites is 2. The number of carbonyl (C=O) groups excluding carboxylic acids is 1. The second kappa shape index (κ2) is 6.28. The average molecular weight is 341 g/mol. The number of benzene rings is 2. The van der Waals surface area contributed by atoms with Gasteiger partial charge in [0.1, 0.15) is 11.1 Å². The van der Waals surface area contributed by atoms with Gasteiger partial charge in [0.05, 0.1) is 11.0 Å². The van der Waals surface area contributed by atoms with Crippen LogP contribution in [0, 0.1) is 5.82 Å². The monoisotopic (exact) mass is 341 g/mol. The highest BCUT2D eigenvalue weighted by Gasteiger charge is 2.29. The van der Waals surface area contributed by atoms with Gasteiger partial charge in [-0.25, -0.2) is 9.37 Å². The van der Waals surface area contributed by atoms with E-state index in [1.165, 1.54) is 23.9 Å². The van der Waals surface area contributed by atoms with E-state index in [1.807, 2.05) is 24.3 Å². The second-order valence-corrected chi connectivity index (χ2v) is 6.99. The molecule has 1 amide bonds. The Kier molecular flexibility index (Phi) is 3.98. The van der Waals surface area contributed by atoms with E-state index >= 15 is 0 Å². The Morgan fingerprint density at radius 2 is 1.96 bits per heavy atom. The standard InChI is InChI=1S/C18H16FN3OS/c19-12-7-5-11(6-8-12)16(17(23)20-13-9-10-13)24-18-21-14-3-1-2-4-15(14)22-18/h1-8,13,16H,9-10H2,(H,20,23)(H,21,22). The highest BCUT2D eigenvalue weighted by Crippen LogP contribution is 2.35. The highest BCUT2D eigenvalue weighted by atomic mass is 32.2. The normalized spacial score (nSPS) is 15.4. The lowest BCUT2D eigenvalue weighted by atomic mass is 10.1. The molecule has 0 aliphatic heterocycles. The average Bonchev–Trinajstić information content (AvgIpc) is 3.29. The van der Waals surface area contributed by atoms with Gasteiger partial charge in [0.2, 0.25) is 5.91 Å². The summed E-state index contributed by atoms with van der Waals surface area (Å²) in [5.74, 6) is -0.372. The number of nitrogens with one attached hydrogen (secondary N) is 2. The number of amides is 1. The molecule has 2 aromatic carbocycles. The molecule has 1 atom stereocenters. The minimum absolute atomic E-state index is 0.0606. The van der Waals surface area contributed by atoms with Gasteiger partial charge >= 0.3 is 0 Å². The first-order chi connectivity index (χ1) is 11.7. The summed E-state index contributed by atoms with van der Waals surface area (Å²) in [6, 6.07) is 14.1. The quantitative estimate of drug-likeness (QED) is 0.694. The van der Waals surface area contributed by atoms with Crippen molar-refractivity contribution in [3.63, 3.8) is 0 Å². The van der Waals surface area contributed by atoms with Crippen molar-refractivity contribution in [2.45, 2.75) is 29.3 Å². The van der Waals surface area contributed by atoms with Crippen molar-refractivity contribution in [1.29, 1.82) is 0 Å². The Hall–Kier alpha value is -2.34. The lowest BCUT2D eigenvalue weighted by molar-refractivity contribution is -0.120. The molecule has 1 unspecified atom stereocenters. The van der Waals surface area contributed by atoms with E-state index in [2.05, 4.69) is 15.3 Å². The predicted octanol–water partition coefficient (Wildman–Crippen LogP) is 3.81. The van der Waals surface area contributed by atoms with Gasteiger partial charge in [-0.15, -0.1) is 0 Å². The maximum absolute atomic E-state index is 13.2. The van der Waals surface area contributed by atoms with Crippen LogP contribution >= 0.6 is 11.8 Å². The molecule has 1 saturated carbocycles. The summed E-state index contributed by atoms with van der Waals surface area (Å²) < 4.78 is 13.2. The Balaban J connectivity index is 1.63. The van der Waals surface area contributed by atoms with Crippen LogP contribution in [0.2, 0.25) is 0 Å². The van der Waals surface area contributed by atoms with Gasteiger partial charge in [-0.2, -0.15) is 0 Å². The van der Waals surface area contributed by atoms with Gasteiger partial charge in [-0.05, 0) is 42.7 Å². The maximum atomic E-state index is 13.2. The Morgan fingerprint density at radius 1 is 1.21 bits per heavy atom. The third-order valence-corrected chi connectivity index (χ3v) is 5.07. The number of fused-ring (bicyclic) bond motifs is 1. The second-order valence-electron chi connectivity index (χ2n) is 5.89. The molecule has 1 heterocycles. The molecule has 0 saturated heterocycles. The minimum Gasteiger partial charge on any atom is -0.352 e. The van der Waals surface area contributed by atoms with Gasteiger partial charge in [0.25, 0.3) is 0 Å². The van der Waals surface area contributed by atoms with E-state index in [0.29, 0.717) is 5.16 Å². The molecule has 0 spiro atoms. The number of H-pyrrole nitrogens is 1. The Morgan fingerprint density at radius 3 is 2.67 bits per heavy atom. The SMILES string of the molecule is O=C(NC1CC1)C(Sc1nc2ccccc2[nH]1)c1ccc(F)cc1. The number of thioether (sulfide) groups is 1. The highest BCUT2D eigenvalue weighted by molar-refractivity contribution is 8.00. The fourth-order valence-corrected chi connectivity index (χ4v) is 3.52. The fraction of sp³-hybridized carbons (Fsp3) is 0.222. The molecule has 122 valence electrons. The van der Waals surface area contributed by atoms with Crippen LogP contribution in [0.25, 0.3) is 11.0 Å². The molecular weight excluding hydrogens is 325 g/mol. The van der Waals surface area contributed by atoms with Crippen LogP contribution in [0.15, 0.2) is 53.7 Å². The van der Waals surface area contributed by atoms with Gasteiger partial charge in [0, 0.05) is 6.04 Å². The largest absolute Gasteiger partial charge is 0.352 e. The van der Waals surface area contributed by atoms with Crippen molar-refractivity contribution in [2.75, 3.05) is 0 Å². The molecule has 4 nitrogen and oxygen atoms in total. The zero-order valence-electron chi connectivity index (χ0n) is 12.8. The third kappa shape index (κ3) is 3.28. The zero-order chi connectivity index (χ0) is 16.5. The summed E-state index contributed by atoms with van der Waals surface area (Å²) in [4.78, 5) is 20.4. The van der Waals surface area contributed by atoms with Crippen molar-refractivity contribution in [1.82, 2.24) is 15.3 Å². The topological polar surface area (TPSA) is 57.8 Å². The maximum Gasteiger partial charge on any atom is 0.238 e. The molecule has 1 aliphatic carbocycles. The van der Waals surface area contributed by atoms with Gasteiger partial charge in [-0.1, -0.05) is 36.0 Å². The number of nitrogens with zero attached hydrogens (tertiary/aromatic N) is 1. The first-order valence-corrected chi connectivity index (χ1v) is 8.74. The molecule has 24 heavy (non-hydrogen) atoms. The predicted molar refractivity (Wildman–Crippen MR) is 92.3 cm³/mol. The van der Waals surface area contributed by atoms with E-state index in [-0.39, 0.29) is 17.8 Å². The molecule has 1 aromatic heterocycles. The summed E-state index contributed by atoms with van der Waals surface area (Å²) in [6.07, 6.45) is 2.05. The van der Waals surface area contributed by atoms with Crippen molar-refractivity contribution in [3.8, 4) is 0 Å². The van der Waals surface area contributed by atoms with Crippen LogP contribution in [-0.2, 0) is 4.79 Å². The summed E-state index contributed by atoms with van der Waals surface area (Å²) in [7, 11) is 0. The molecule has 0 bridgehead atoms. The van der Waals surface area contributed by atoms with Gasteiger partial charge in [0.15, 0.2) is 5.16 Å². The Labute approximate surface area is 142 Å². The lowest BCUT2D eigenvalue weighted by Crippen LogP contribution is -2.29. The molecule has 2 N–H and O–H groups in total. The van der Waals surface area contributed by atoms with Crippen LogP contribution in [0.3, 0.4) is 0 Å². The molecule has 6 heteroatoms. The Bertz CT molecular complexity index is 840. The van der Waals surface area contributed by atoms with Crippen LogP contribution in [0.4, 0.5) is 4.39 Å². The number of hydrogen-bond donors (Lipinski definition) is 2. The molecule has 4 rings (SSSR count). The van der Waals surface area contributed by atoms with Gasteiger partial charge in [-0.3, -0.25) is 4.79 Å². The number of aromatic nitrogens is 2. The first kappa shape index (κ1) is 15.2. The zero-order valence-corrected chi connectivity index (χ0v) is 13.6. The summed E-state index contributed by atoms with van der Waals surface area (Å²) in [5, 5.41) is 3.24. The first-order valence-electron chi connectivity index (χ1n) is 7.86. The van der Waals surface area contributed by atoms with Crippen molar-refractivity contribution < 1.29 is 9.18 Å². The fourth-order valence-electron chi connectivity index (χ4n) is 2.51.